The van der Waals surface area contributed by atoms with Crippen LogP contribution in [-0.4, -0.2) is 19.1 Å². The number of nitrogens with one attached hydrogen (secondary N) is 1. The van der Waals surface area contributed by atoms with Crippen molar-refractivity contribution in [2.45, 2.75) is 6.61 Å². The Bertz CT molecular complexity index is 467. The van der Waals surface area contributed by atoms with E-state index in [2.05, 4.69) is 10.3 Å². The quantitative estimate of drug-likeness (QED) is 0.878. The van der Waals surface area contributed by atoms with E-state index in [-0.39, 0.29) is 0 Å². The van der Waals surface area contributed by atoms with Crippen molar-refractivity contribution in [1.29, 1.82) is 0 Å². The number of ether oxygens (including phenoxy) is 2. The van der Waals surface area contributed by atoms with E-state index in [0.717, 1.165) is 17.1 Å². The molecule has 0 aliphatic rings. The van der Waals surface area contributed by atoms with E-state index in [9.17, 15) is 0 Å². The standard InChI is InChI=1S/C14H16N2O2/c1-15-13-7-4-8-14(16-13)18-10-11-5-3-6-12(9-11)17-2/h3-9H,10H2,1-2H3,(H,15,16). The molecule has 1 N–H and O–H groups in total. The maximum Gasteiger partial charge on any atom is 0.215 e. The fourth-order valence-electron chi connectivity index (χ4n) is 1.55. The lowest BCUT2D eigenvalue weighted by molar-refractivity contribution is 0.293. The van der Waals surface area contributed by atoms with E-state index in [1.807, 2.05) is 49.5 Å². The molecule has 1 heterocycles. The Balaban J connectivity index is 2.01. The van der Waals surface area contributed by atoms with Crippen molar-refractivity contribution in [3.63, 3.8) is 0 Å². The number of hydrogen-bond donors (Lipinski definition) is 1. The van der Waals surface area contributed by atoms with Gasteiger partial charge >= 0.3 is 0 Å². The average molecular weight is 244 g/mol. The molecule has 94 valence electrons. The number of methoxy groups -OCH3 is 1. The first-order chi connectivity index (χ1) is 8.81. The highest BCUT2D eigenvalue weighted by Gasteiger charge is 2.00. The van der Waals surface area contributed by atoms with Crippen LogP contribution in [0.3, 0.4) is 0 Å². The predicted octanol–water partition coefficient (Wildman–Crippen LogP) is 2.71. The van der Waals surface area contributed by atoms with Gasteiger partial charge in [0.15, 0.2) is 0 Å². The molecule has 0 aliphatic carbocycles. The van der Waals surface area contributed by atoms with Crippen LogP contribution < -0.4 is 14.8 Å². The fraction of sp³-hybridized carbons (Fsp3) is 0.214. The molecule has 0 amide bonds. The van der Waals surface area contributed by atoms with Crippen molar-refractivity contribution in [3.8, 4) is 11.6 Å². The largest absolute Gasteiger partial charge is 0.497 e. The molecule has 0 bridgehead atoms. The van der Waals surface area contributed by atoms with Crippen molar-refractivity contribution >= 4 is 5.82 Å². The van der Waals surface area contributed by atoms with Crippen molar-refractivity contribution < 1.29 is 9.47 Å². The summed E-state index contributed by atoms with van der Waals surface area (Å²) in [6, 6.07) is 13.4. The zero-order valence-electron chi connectivity index (χ0n) is 10.5. The number of aromatic nitrogens is 1. The molecule has 18 heavy (non-hydrogen) atoms. The van der Waals surface area contributed by atoms with E-state index in [0.29, 0.717) is 12.5 Å². The summed E-state index contributed by atoms with van der Waals surface area (Å²) in [5.41, 5.74) is 1.05. The summed E-state index contributed by atoms with van der Waals surface area (Å²) in [6.07, 6.45) is 0. The minimum absolute atomic E-state index is 0.470. The van der Waals surface area contributed by atoms with E-state index in [1.165, 1.54) is 0 Å². The molecule has 2 aromatic rings. The summed E-state index contributed by atoms with van der Waals surface area (Å²) in [4.78, 5) is 4.28. The number of rotatable bonds is 5. The van der Waals surface area contributed by atoms with Gasteiger partial charge in [0.1, 0.15) is 18.2 Å². The zero-order chi connectivity index (χ0) is 12.8. The van der Waals surface area contributed by atoms with Crippen LogP contribution in [0.4, 0.5) is 5.82 Å². The molecular formula is C14H16N2O2. The molecule has 0 spiro atoms. The van der Waals surface area contributed by atoms with E-state index in [1.54, 1.807) is 7.11 Å². The van der Waals surface area contributed by atoms with Gasteiger partial charge in [0, 0.05) is 13.1 Å². The van der Waals surface area contributed by atoms with Gasteiger partial charge in [-0.25, -0.2) is 0 Å². The SMILES string of the molecule is CNc1cccc(OCc2cccc(OC)c2)n1. The smallest absolute Gasteiger partial charge is 0.215 e. The van der Waals surface area contributed by atoms with E-state index < -0.39 is 0 Å². The summed E-state index contributed by atoms with van der Waals surface area (Å²) < 4.78 is 10.8. The lowest BCUT2D eigenvalue weighted by Crippen LogP contribution is -1.99. The number of nitrogens with zero attached hydrogens (tertiary/aromatic N) is 1. The molecule has 1 aromatic carbocycles. The normalized spacial score (nSPS) is 9.89. The highest BCUT2D eigenvalue weighted by Crippen LogP contribution is 2.16. The second-order valence-corrected chi connectivity index (χ2v) is 3.75. The van der Waals surface area contributed by atoms with Crippen molar-refractivity contribution in [1.82, 2.24) is 4.98 Å². The summed E-state index contributed by atoms with van der Waals surface area (Å²) >= 11 is 0. The molecule has 0 atom stereocenters. The van der Waals surface area contributed by atoms with Crippen LogP contribution in [0.5, 0.6) is 11.6 Å². The minimum atomic E-state index is 0.470. The molecule has 0 fully saturated rings. The summed E-state index contributed by atoms with van der Waals surface area (Å²) in [5, 5.41) is 2.97. The lowest BCUT2D eigenvalue weighted by atomic mass is 10.2. The third-order valence-electron chi connectivity index (χ3n) is 2.50. The third-order valence-corrected chi connectivity index (χ3v) is 2.50. The first kappa shape index (κ1) is 12.2. The molecule has 0 saturated heterocycles. The van der Waals surface area contributed by atoms with Crippen molar-refractivity contribution in [2.75, 3.05) is 19.5 Å². The number of benzene rings is 1. The van der Waals surface area contributed by atoms with Crippen LogP contribution in [0.2, 0.25) is 0 Å². The monoisotopic (exact) mass is 244 g/mol. The highest BCUT2D eigenvalue weighted by atomic mass is 16.5. The maximum absolute atomic E-state index is 5.63. The van der Waals surface area contributed by atoms with Crippen LogP contribution in [0.15, 0.2) is 42.5 Å². The Labute approximate surface area is 107 Å². The van der Waals surface area contributed by atoms with E-state index in [4.69, 9.17) is 9.47 Å². The van der Waals surface area contributed by atoms with Gasteiger partial charge in [-0.1, -0.05) is 18.2 Å². The van der Waals surface area contributed by atoms with Gasteiger partial charge in [0.2, 0.25) is 5.88 Å². The Hall–Kier alpha value is -2.23. The van der Waals surface area contributed by atoms with Gasteiger partial charge in [-0.05, 0) is 23.8 Å². The summed E-state index contributed by atoms with van der Waals surface area (Å²) in [5.74, 6) is 2.22. The molecule has 4 nitrogen and oxygen atoms in total. The van der Waals surface area contributed by atoms with Crippen LogP contribution in [0, 0.1) is 0 Å². The average Bonchev–Trinajstić information content (AvgIpc) is 2.45. The van der Waals surface area contributed by atoms with Gasteiger partial charge in [0.05, 0.1) is 7.11 Å². The first-order valence-electron chi connectivity index (χ1n) is 5.72. The number of pyridine rings is 1. The molecule has 0 unspecified atom stereocenters. The topological polar surface area (TPSA) is 43.4 Å². The number of hydrogen-bond acceptors (Lipinski definition) is 4. The van der Waals surface area contributed by atoms with Gasteiger partial charge in [-0.15, -0.1) is 0 Å². The molecule has 0 saturated carbocycles. The van der Waals surface area contributed by atoms with Crippen LogP contribution in [-0.2, 0) is 6.61 Å². The molecule has 0 radical (unpaired) electrons. The summed E-state index contributed by atoms with van der Waals surface area (Å²) in [6.45, 7) is 0.470. The molecule has 1 aromatic heterocycles. The fourth-order valence-corrected chi connectivity index (χ4v) is 1.55. The van der Waals surface area contributed by atoms with Crippen molar-refractivity contribution in [3.05, 3.63) is 48.0 Å². The molecular weight excluding hydrogens is 228 g/mol. The predicted molar refractivity (Wildman–Crippen MR) is 71.1 cm³/mol. The second kappa shape index (κ2) is 5.91. The van der Waals surface area contributed by atoms with E-state index >= 15 is 0 Å². The minimum Gasteiger partial charge on any atom is -0.497 e. The first-order valence-corrected chi connectivity index (χ1v) is 5.72. The molecule has 2 rings (SSSR count). The van der Waals surface area contributed by atoms with Gasteiger partial charge in [0.25, 0.3) is 0 Å². The second-order valence-electron chi connectivity index (χ2n) is 3.75. The third kappa shape index (κ3) is 3.13. The number of anilines is 1. The van der Waals surface area contributed by atoms with Crippen LogP contribution in [0.1, 0.15) is 5.56 Å². The Morgan fingerprint density at radius 2 is 2.00 bits per heavy atom. The van der Waals surface area contributed by atoms with Crippen molar-refractivity contribution in [2.24, 2.45) is 0 Å². The van der Waals surface area contributed by atoms with Gasteiger partial charge < -0.3 is 14.8 Å². The Morgan fingerprint density at radius 1 is 1.17 bits per heavy atom. The highest BCUT2D eigenvalue weighted by molar-refractivity contribution is 5.36. The van der Waals surface area contributed by atoms with Gasteiger partial charge in [-0.3, -0.25) is 0 Å². The lowest BCUT2D eigenvalue weighted by Gasteiger charge is -2.08. The molecule has 4 heteroatoms. The summed E-state index contributed by atoms with van der Waals surface area (Å²) in [7, 11) is 3.48. The Morgan fingerprint density at radius 3 is 2.78 bits per heavy atom. The van der Waals surface area contributed by atoms with Crippen LogP contribution in [0.25, 0.3) is 0 Å². The van der Waals surface area contributed by atoms with Gasteiger partial charge in [-0.2, -0.15) is 4.98 Å². The Kier molecular flexibility index (Phi) is 4.02. The molecule has 0 aliphatic heterocycles. The zero-order valence-corrected chi connectivity index (χ0v) is 10.5. The van der Waals surface area contributed by atoms with Crippen LogP contribution >= 0.6 is 0 Å². The maximum atomic E-state index is 5.63.